The molecule has 1 nitrogen and oxygen atoms in total. The van der Waals surface area contributed by atoms with Gasteiger partial charge in [-0.05, 0) is 37.5 Å². The minimum absolute atomic E-state index is 0.333. The first-order chi connectivity index (χ1) is 4.84. The van der Waals surface area contributed by atoms with Crippen LogP contribution in [0.15, 0.2) is 12.3 Å². The third-order valence-electron chi connectivity index (χ3n) is 2.06. The molecule has 1 aliphatic heterocycles. The Hall–Kier alpha value is -0.0300. The summed E-state index contributed by atoms with van der Waals surface area (Å²) in [6.45, 7) is 2.41. The van der Waals surface area contributed by atoms with Crippen molar-refractivity contribution in [3.05, 3.63) is 12.3 Å². The predicted octanol–water partition coefficient (Wildman–Crippen LogP) is 1.99. The Labute approximate surface area is 64.6 Å². The lowest BCUT2D eigenvalue weighted by Gasteiger charge is -2.09. The van der Waals surface area contributed by atoms with Crippen LogP contribution in [0.3, 0.4) is 0 Å². The average molecular weight is 157 g/mol. The molecule has 0 aromatic rings. The van der Waals surface area contributed by atoms with Crippen molar-refractivity contribution in [3.63, 3.8) is 0 Å². The summed E-state index contributed by atoms with van der Waals surface area (Å²) < 4.78 is 0. The standard InChI is InChI=1S/C8H16NP/c1-9-6-5-8-4-3-7-10(8)2/h5-6,8-9H,3-4,7H2,1-2H3/b6-5-. The fourth-order valence-electron chi connectivity index (χ4n) is 1.39. The van der Waals surface area contributed by atoms with Crippen molar-refractivity contribution in [2.75, 3.05) is 19.9 Å². The van der Waals surface area contributed by atoms with E-state index in [1.165, 1.54) is 19.0 Å². The smallest absolute Gasteiger partial charge is 0.00276 e. The number of allylic oxidation sites excluding steroid dienone is 1. The molecule has 0 saturated carbocycles. The number of rotatable bonds is 2. The lowest BCUT2D eigenvalue weighted by molar-refractivity contribution is 0.874. The van der Waals surface area contributed by atoms with Crippen LogP contribution in [0.1, 0.15) is 12.8 Å². The summed E-state index contributed by atoms with van der Waals surface area (Å²) in [7, 11) is 2.29. The van der Waals surface area contributed by atoms with Gasteiger partial charge < -0.3 is 5.32 Å². The zero-order valence-electron chi connectivity index (χ0n) is 6.80. The van der Waals surface area contributed by atoms with E-state index in [4.69, 9.17) is 0 Å². The van der Waals surface area contributed by atoms with E-state index >= 15 is 0 Å². The lowest BCUT2D eigenvalue weighted by Crippen LogP contribution is -1.98. The summed E-state index contributed by atoms with van der Waals surface area (Å²) >= 11 is 0. The van der Waals surface area contributed by atoms with Crippen molar-refractivity contribution in [2.24, 2.45) is 0 Å². The maximum Gasteiger partial charge on any atom is 0.00276 e. The second kappa shape index (κ2) is 3.98. The molecule has 0 bridgehead atoms. The molecule has 0 aliphatic carbocycles. The highest BCUT2D eigenvalue weighted by molar-refractivity contribution is 7.58. The van der Waals surface area contributed by atoms with Crippen LogP contribution >= 0.6 is 7.92 Å². The molecule has 2 atom stereocenters. The Morgan fingerprint density at radius 3 is 2.90 bits per heavy atom. The first-order valence-corrected chi connectivity index (χ1v) is 5.93. The summed E-state index contributed by atoms with van der Waals surface area (Å²) in [5.41, 5.74) is 0.905. The van der Waals surface area contributed by atoms with Crippen molar-refractivity contribution in [1.82, 2.24) is 5.32 Å². The quantitative estimate of drug-likeness (QED) is 0.604. The zero-order valence-corrected chi connectivity index (χ0v) is 7.70. The molecule has 1 aliphatic rings. The van der Waals surface area contributed by atoms with Gasteiger partial charge in [-0.15, -0.1) is 7.92 Å². The Balaban J connectivity index is 2.33. The molecular formula is C8H16NP. The molecule has 0 spiro atoms. The van der Waals surface area contributed by atoms with E-state index in [-0.39, 0.29) is 0 Å². The third kappa shape index (κ3) is 1.98. The molecule has 1 heterocycles. The minimum Gasteiger partial charge on any atom is -0.394 e. The monoisotopic (exact) mass is 157 g/mol. The molecule has 1 fully saturated rings. The van der Waals surface area contributed by atoms with Crippen LogP contribution in [0.2, 0.25) is 0 Å². The zero-order chi connectivity index (χ0) is 7.40. The Kier molecular flexibility index (Phi) is 3.21. The van der Waals surface area contributed by atoms with Crippen molar-refractivity contribution in [3.8, 4) is 0 Å². The van der Waals surface area contributed by atoms with Gasteiger partial charge in [-0.1, -0.05) is 6.08 Å². The molecule has 10 heavy (non-hydrogen) atoms. The molecule has 1 N–H and O–H groups in total. The summed E-state index contributed by atoms with van der Waals surface area (Å²) in [6, 6.07) is 0. The van der Waals surface area contributed by atoms with Crippen LogP contribution in [0.4, 0.5) is 0 Å². The van der Waals surface area contributed by atoms with Crippen LogP contribution in [-0.4, -0.2) is 25.5 Å². The Bertz CT molecular complexity index is 122. The van der Waals surface area contributed by atoms with Crippen molar-refractivity contribution >= 4 is 7.92 Å². The van der Waals surface area contributed by atoms with Crippen molar-refractivity contribution < 1.29 is 0 Å². The van der Waals surface area contributed by atoms with E-state index in [1.54, 1.807) is 0 Å². The van der Waals surface area contributed by atoms with Crippen LogP contribution in [0.25, 0.3) is 0 Å². The molecule has 58 valence electrons. The molecule has 1 saturated heterocycles. The highest BCUT2D eigenvalue weighted by Gasteiger charge is 2.19. The van der Waals surface area contributed by atoms with Gasteiger partial charge in [0.05, 0.1) is 0 Å². The fourth-order valence-corrected chi connectivity index (χ4v) is 3.40. The van der Waals surface area contributed by atoms with Gasteiger partial charge in [-0.25, -0.2) is 0 Å². The SMILES string of the molecule is CN/C=C\C1CCCP1C. The van der Waals surface area contributed by atoms with E-state index < -0.39 is 0 Å². The van der Waals surface area contributed by atoms with E-state index in [0.29, 0.717) is 7.92 Å². The number of hydrogen-bond donors (Lipinski definition) is 1. The molecule has 1 rings (SSSR count). The van der Waals surface area contributed by atoms with Gasteiger partial charge >= 0.3 is 0 Å². The largest absolute Gasteiger partial charge is 0.394 e. The van der Waals surface area contributed by atoms with Crippen molar-refractivity contribution in [1.29, 1.82) is 0 Å². The van der Waals surface area contributed by atoms with Gasteiger partial charge in [0.25, 0.3) is 0 Å². The Morgan fingerprint density at radius 1 is 1.60 bits per heavy atom. The number of hydrogen-bond acceptors (Lipinski definition) is 1. The van der Waals surface area contributed by atoms with Gasteiger partial charge in [0.1, 0.15) is 0 Å². The van der Waals surface area contributed by atoms with Gasteiger partial charge in [-0.2, -0.15) is 0 Å². The van der Waals surface area contributed by atoms with Gasteiger partial charge in [0.15, 0.2) is 0 Å². The highest BCUT2D eigenvalue weighted by atomic mass is 31.1. The molecule has 2 heteroatoms. The lowest BCUT2D eigenvalue weighted by atomic mass is 10.2. The maximum atomic E-state index is 3.04. The van der Waals surface area contributed by atoms with Gasteiger partial charge in [-0.3, -0.25) is 0 Å². The third-order valence-corrected chi connectivity index (χ3v) is 4.65. The second-order valence-electron chi connectivity index (χ2n) is 2.84. The van der Waals surface area contributed by atoms with E-state index in [2.05, 4.69) is 24.3 Å². The molecule has 0 amide bonds. The molecular weight excluding hydrogens is 141 g/mol. The predicted molar refractivity (Wildman–Crippen MR) is 48.9 cm³/mol. The summed E-state index contributed by atoms with van der Waals surface area (Å²) in [6.07, 6.45) is 8.75. The first kappa shape index (κ1) is 8.07. The first-order valence-electron chi connectivity index (χ1n) is 3.89. The average Bonchev–Trinajstić information content (AvgIpc) is 2.31. The van der Waals surface area contributed by atoms with Crippen LogP contribution < -0.4 is 5.32 Å². The number of nitrogens with one attached hydrogen (secondary N) is 1. The minimum atomic E-state index is 0.333. The van der Waals surface area contributed by atoms with Crippen LogP contribution in [-0.2, 0) is 0 Å². The van der Waals surface area contributed by atoms with E-state index in [1.807, 2.05) is 7.05 Å². The summed E-state index contributed by atoms with van der Waals surface area (Å²) in [4.78, 5) is 0. The van der Waals surface area contributed by atoms with Gasteiger partial charge in [0, 0.05) is 7.05 Å². The van der Waals surface area contributed by atoms with Crippen LogP contribution in [0, 0.1) is 0 Å². The second-order valence-corrected chi connectivity index (χ2v) is 5.46. The Morgan fingerprint density at radius 2 is 2.40 bits per heavy atom. The van der Waals surface area contributed by atoms with E-state index in [0.717, 1.165) is 5.66 Å². The fraction of sp³-hybridized carbons (Fsp3) is 0.750. The van der Waals surface area contributed by atoms with Crippen molar-refractivity contribution in [2.45, 2.75) is 18.5 Å². The maximum absolute atomic E-state index is 3.04. The topological polar surface area (TPSA) is 12.0 Å². The normalized spacial score (nSPS) is 33.4. The molecule has 0 radical (unpaired) electrons. The van der Waals surface area contributed by atoms with Crippen LogP contribution in [0.5, 0.6) is 0 Å². The molecule has 0 aromatic heterocycles. The molecule has 0 aromatic carbocycles. The highest BCUT2D eigenvalue weighted by Crippen LogP contribution is 2.46. The molecule has 2 unspecified atom stereocenters. The summed E-state index contributed by atoms with van der Waals surface area (Å²) in [5, 5.41) is 3.04. The van der Waals surface area contributed by atoms with E-state index in [9.17, 15) is 0 Å². The summed E-state index contributed by atoms with van der Waals surface area (Å²) in [5.74, 6) is 0. The van der Waals surface area contributed by atoms with Gasteiger partial charge in [0.2, 0.25) is 0 Å².